The van der Waals surface area contributed by atoms with Crippen LogP contribution in [0.5, 0.6) is 0 Å². The van der Waals surface area contributed by atoms with Gasteiger partial charge in [-0.05, 0) is 13.3 Å². The minimum Gasteiger partial charge on any atom is -0.384 e. The lowest BCUT2D eigenvalue weighted by Gasteiger charge is -2.43. The van der Waals surface area contributed by atoms with Crippen molar-refractivity contribution in [3.8, 4) is 0 Å². The molecule has 14 heteroatoms. The third kappa shape index (κ3) is 3.82. The lowest BCUT2D eigenvalue weighted by Crippen LogP contribution is -2.73. The monoisotopic (exact) mass is 434 g/mol. The van der Waals surface area contributed by atoms with E-state index in [9.17, 15) is 62.2 Å². The van der Waals surface area contributed by atoms with Gasteiger partial charge in [0.2, 0.25) is 0 Å². The molecule has 0 aliphatic carbocycles. The Morgan fingerprint density at radius 1 is 0.556 bits per heavy atom. The highest BCUT2D eigenvalue weighted by atomic mass is 19.4. The van der Waals surface area contributed by atoms with Crippen LogP contribution in [-0.4, -0.2) is 46.5 Å². The summed E-state index contributed by atoms with van der Waals surface area (Å²) in [5.74, 6) is -37.5. The van der Waals surface area contributed by atoms with Gasteiger partial charge in [0.25, 0.3) is 0 Å². The standard InChI is InChI=1S/C13H15F13O/c1-3-4-5-6-7(2,27)8(14,15)9(16,17)10(18,19)11(20,21)12(22,23)13(24,25)26/h27H,3-6H2,1-2H3. The summed E-state index contributed by atoms with van der Waals surface area (Å²) in [6, 6.07) is 0. The molecule has 0 aromatic carbocycles. The first-order chi connectivity index (χ1) is 11.6. The molecule has 0 spiro atoms. The molecule has 1 nitrogen and oxygen atoms in total. The highest BCUT2D eigenvalue weighted by Gasteiger charge is 2.92. The lowest BCUT2D eigenvalue weighted by atomic mass is 9.82. The Labute approximate surface area is 144 Å². The van der Waals surface area contributed by atoms with Crippen LogP contribution < -0.4 is 0 Å². The lowest BCUT2D eigenvalue weighted by molar-refractivity contribution is -0.449. The molecule has 1 N–H and O–H groups in total. The smallest absolute Gasteiger partial charge is 0.384 e. The normalized spacial score (nSPS) is 17.8. The van der Waals surface area contributed by atoms with E-state index in [0.29, 0.717) is 0 Å². The van der Waals surface area contributed by atoms with Gasteiger partial charge in [-0.3, -0.25) is 0 Å². The van der Waals surface area contributed by atoms with Gasteiger partial charge in [-0.25, -0.2) is 0 Å². The van der Waals surface area contributed by atoms with Crippen molar-refractivity contribution in [2.24, 2.45) is 0 Å². The predicted molar refractivity (Wildman–Crippen MR) is 65.6 cm³/mol. The average Bonchev–Trinajstić information content (AvgIpc) is 2.45. The van der Waals surface area contributed by atoms with E-state index in [1.165, 1.54) is 6.92 Å². The number of hydrogen-bond acceptors (Lipinski definition) is 1. The Morgan fingerprint density at radius 3 is 1.22 bits per heavy atom. The number of alkyl halides is 13. The van der Waals surface area contributed by atoms with Crippen LogP contribution in [0.2, 0.25) is 0 Å². The van der Waals surface area contributed by atoms with E-state index in [-0.39, 0.29) is 19.8 Å². The molecular weight excluding hydrogens is 419 g/mol. The Balaban J connectivity index is 6.23. The van der Waals surface area contributed by atoms with Crippen molar-refractivity contribution >= 4 is 0 Å². The Morgan fingerprint density at radius 2 is 0.889 bits per heavy atom. The molecular formula is C13H15F13O. The summed E-state index contributed by atoms with van der Waals surface area (Å²) in [5.41, 5.74) is -4.11. The van der Waals surface area contributed by atoms with Crippen LogP contribution in [0.4, 0.5) is 57.1 Å². The quantitative estimate of drug-likeness (QED) is 0.346. The van der Waals surface area contributed by atoms with Gasteiger partial charge in [-0.1, -0.05) is 26.2 Å². The number of hydrogen-bond donors (Lipinski definition) is 1. The molecule has 0 aromatic heterocycles. The van der Waals surface area contributed by atoms with Gasteiger partial charge < -0.3 is 5.11 Å². The molecule has 0 fully saturated rings. The number of halogens is 13. The zero-order valence-corrected chi connectivity index (χ0v) is 13.7. The van der Waals surface area contributed by atoms with Crippen LogP contribution in [0, 0.1) is 0 Å². The van der Waals surface area contributed by atoms with Crippen LogP contribution in [0.1, 0.15) is 39.5 Å². The molecule has 0 saturated heterocycles. The summed E-state index contributed by atoms with van der Waals surface area (Å²) in [4.78, 5) is 0. The van der Waals surface area contributed by atoms with Crippen molar-refractivity contribution < 1.29 is 62.2 Å². The Hall–Kier alpha value is -0.950. The zero-order valence-electron chi connectivity index (χ0n) is 13.7. The van der Waals surface area contributed by atoms with Gasteiger partial charge >= 0.3 is 35.8 Å². The molecule has 0 bridgehead atoms. The van der Waals surface area contributed by atoms with Crippen molar-refractivity contribution in [1.82, 2.24) is 0 Å². The molecule has 27 heavy (non-hydrogen) atoms. The summed E-state index contributed by atoms with van der Waals surface area (Å²) < 4.78 is 169. The second-order valence-corrected chi connectivity index (χ2v) is 6.10. The van der Waals surface area contributed by atoms with Crippen LogP contribution in [0.25, 0.3) is 0 Å². The predicted octanol–water partition coefficient (Wildman–Crippen LogP) is 6.06. The SMILES string of the molecule is CCCCCC(C)(O)C(F)(F)C(F)(F)C(F)(F)C(F)(F)C(F)(F)C(F)(F)F. The third-order valence-electron chi connectivity index (χ3n) is 3.88. The third-order valence-corrected chi connectivity index (χ3v) is 3.88. The summed E-state index contributed by atoms with van der Waals surface area (Å²) >= 11 is 0. The molecule has 0 heterocycles. The van der Waals surface area contributed by atoms with Gasteiger partial charge in [0, 0.05) is 0 Å². The van der Waals surface area contributed by atoms with E-state index in [1.54, 1.807) is 0 Å². The van der Waals surface area contributed by atoms with E-state index in [1.807, 2.05) is 0 Å². The maximum atomic E-state index is 13.8. The van der Waals surface area contributed by atoms with Crippen LogP contribution in [0.3, 0.4) is 0 Å². The number of unbranched alkanes of at least 4 members (excludes halogenated alkanes) is 2. The molecule has 0 aliphatic heterocycles. The van der Waals surface area contributed by atoms with Crippen molar-refractivity contribution in [2.45, 2.75) is 80.9 Å². The van der Waals surface area contributed by atoms with Gasteiger partial charge in [0.1, 0.15) is 5.60 Å². The fourth-order valence-corrected chi connectivity index (χ4v) is 1.98. The summed E-state index contributed by atoms with van der Waals surface area (Å²) in [6.45, 7) is 1.34. The maximum absolute atomic E-state index is 13.8. The van der Waals surface area contributed by atoms with E-state index in [0.717, 1.165) is 0 Å². The largest absolute Gasteiger partial charge is 0.460 e. The molecule has 1 unspecified atom stereocenters. The highest BCUT2D eigenvalue weighted by Crippen LogP contribution is 2.61. The summed E-state index contributed by atoms with van der Waals surface area (Å²) in [6.07, 6.45) is -8.99. The van der Waals surface area contributed by atoms with E-state index in [2.05, 4.69) is 0 Å². The maximum Gasteiger partial charge on any atom is 0.460 e. The van der Waals surface area contributed by atoms with Crippen LogP contribution in [-0.2, 0) is 0 Å². The number of aliphatic hydroxyl groups is 1. The first-order valence-electron chi connectivity index (χ1n) is 7.24. The van der Waals surface area contributed by atoms with Crippen molar-refractivity contribution in [3.63, 3.8) is 0 Å². The zero-order chi connectivity index (χ0) is 22.3. The van der Waals surface area contributed by atoms with Crippen molar-refractivity contribution in [2.75, 3.05) is 0 Å². The first-order valence-corrected chi connectivity index (χ1v) is 7.24. The van der Waals surface area contributed by atoms with Crippen LogP contribution >= 0.6 is 0 Å². The summed E-state index contributed by atoms with van der Waals surface area (Å²) in [7, 11) is 0. The molecule has 0 rings (SSSR count). The number of rotatable bonds is 9. The Bertz CT molecular complexity index is 507. The second kappa shape index (κ2) is 7.14. The van der Waals surface area contributed by atoms with Gasteiger partial charge in [0.05, 0.1) is 0 Å². The van der Waals surface area contributed by atoms with Gasteiger partial charge in [-0.15, -0.1) is 0 Å². The molecule has 0 radical (unpaired) electrons. The van der Waals surface area contributed by atoms with Crippen molar-refractivity contribution in [3.05, 3.63) is 0 Å². The molecule has 0 aliphatic rings. The fraction of sp³-hybridized carbons (Fsp3) is 1.00. The minimum absolute atomic E-state index is 0.0104. The molecule has 164 valence electrons. The second-order valence-electron chi connectivity index (χ2n) is 6.10. The molecule has 0 aromatic rings. The van der Waals surface area contributed by atoms with Crippen molar-refractivity contribution in [1.29, 1.82) is 0 Å². The summed E-state index contributed by atoms with van der Waals surface area (Å²) in [5, 5.41) is 9.38. The molecule has 1 atom stereocenters. The van der Waals surface area contributed by atoms with E-state index < -0.39 is 54.2 Å². The highest BCUT2D eigenvalue weighted by molar-refractivity contribution is 5.13. The Kier molecular flexibility index (Phi) is 6.89. The van der Waals surface area contributed by atoms with E-state index >= 15 is 0 Å². The topological polar surface area (TPSA) is 20.2 Å². The average molecular weight is 434 g/mol. The fourth-order valence-electron chi connectivity index (χ4n) is 1.98. The van der Waals surface area contributed by atoms with Gasteiger partial charge in [0.15, 0.2) is 0 Å². The van der Waals surface area contributed by atoms with Crippen LogP contribution in [0.15, 0.2) is 0 Å². The minimum atomic E-state index is -7.95. The first kappa shape index (κ1) is 26.1. The van der Waals surface area contributed by atoms with E-state index in [4.69, 9.17) is 0 Å². The van der Waals surface area contributed by atoms with Gasteiger partial charge in [-0.2, -0.15) is 57.1 Å². The molecule has 0 saturated carbocycles. The molecule has 0 amide bonds.